The Morgan fingerprint density at radius 3 is 3.06 bits per heavy atom. The third-order valence-corrected chi connectivity index (χ3v) is 3.98. The van der Waals surface area contributed by atoms with Crippen molar-refractivity contribution < 1.29 is 9.90 Å². The van der Waals surface area contributed by atoms with E-state index < -0.39 is 0 Å². The van der Waals surface area contributed by atoms with Crippen LogP contribution >= 0.6 is 11.3 Å². The van der Waals surface area contributed by atoms with Crippen molar-refractivity contribution in [1.29, 1.82) is 0 Å². The molecule has 1 amide bonds. The molecule has 1 aliphatic carbocycles. The summed E-state index contributed by atoms with van der Waals surface area (Å²) in [5, 5.41) is 11.5. The van der Waals surface area contributed by atoms with Crippen LogP contribution in [-0.2, 0) is 6.54 Å². The fourth-order valence-corrected chi connectivity index (χ4v) is 2.89. The van der Waals surface area contributed by atoms with Crippen molar-refractivity contribution in [1.82, 2.24) is 15.3 Å². The van der Waals surface area contributed by atoms with Crippen molar-refractivity contribution in [3.05, 3.63) is 16.1 Å². The van der Waals surface area contributed by atoms with Crippen molar-refractivity contribution in [3.8, 4) is 0 Å². The summed E-state index contributed by atoms with van der Waals surface area (Å²) < 4.78 is 0. The van der Waals surface area contributed by atoms with Crippen LogP contribution in [0.5, 0.6) is 0 Å². The molecule has 0 atom stereocenters. The molecule has 6 nitrogen and oxygen atoms in total. The van der Waals surface area contributed by atoms with Gasteiger partial charge in [0.25, 0.3) is 5.91 Å². The normalized spacial score (nSPS) is 22.9. The number of hydrogen-bond acceptors (Lipinski definition) is 6. The number of carbonyl (C=O) groups excluding carboxylic acids is 1. The standard InChI is InChI=1S/C11H18N4O2S/c1-15(4-7-2-9(16)3-7)5-8-6-18-11(13-8)10(17)14-12/h6-7,9,16H,2-5,12H2,1H3,(H,14,17). The summed E-state index contributed by atoms with van der Waals surface area (Å²) in [5.74, 6) is 5.28. The molecule has 0 radical (unpaired) electrons. The average molecular weight is 270 g/mol. The van der Waals surface area contributed by atoms with Crippen LogP contribution < -0.4 is 11.3 Å². The van der Waals surface area contributed by atoms with E-state index in [0.717, 1.165) is 25.1 Å². The number of carbonyl (C=O) groups is 1. The number of aliphatic hydroxyl groups excluding tert-OH is 1. The number of rotatable bonds is 5. The number of hydrazine groups is 1. The van der Waals surface area contributed by atoms with Gasteiger partial charge in [0.2, 0.25) is 0 Å². The molecule has 4 N–H and O–H groups in total. The Morgan fingerprint density at radius 2 is 2.44 bits per heavy atom. The monoisotopic (exact) mass is 270 g/mol. The van der Waals surface area contributed by atoms with Crippen LogP contribution in [0.25, 0.3) is 0 Å². The molecule has 2 rings (SSSR count). The van der Waals surface area contributed by atoms with Gasteiger partial charge in [0, 0.05) is 18.5 Å². The van der Waals surface area contributed by atoms with E-state index in [2.05, 4.69) is 15.3 Å². The van der Waals surface area contributed by atoms with Gasteiger partial charge in [-0.15, -0.1) is 11.3 Å². The zero-order valence-corrected chi connectivity index (χ0v) is 11.1. The van der Waals surface area contributed by atoms with E-state index in [-0.39, 0.29) is 12.0 Å². The maximum absolute atomic E-state index is 11.3. The van der Waals surface area contributed by atoms with Gasteiger partial charge < -0.3 is 10.0 Å². The van der Waals surface area contributed by atoms with E-state index in [0.29, 0.717) is 17.5 Å². The minimum atomic E-state index is -0.351. The van der Waals surface area contributed by atoms with Gasteiger partial charge in [-0.2, -0.15) is 0 Å². The molecule has 1 heterocycles. The first-order chi connectivity index (χ1) is 8.58. The molecular weight excluding hydrogens is 252 g/mol. The van der Waals surface area contributed by atoms with Gasteiger partial charge >= 0.3 is 0 Å². The molecule has 0 unspecified atom stereocenters. The first kappa shape index (κ1) is 13.4. The zero-order chi connectivity index (χ0) is 13.1. The van der Waals surface area contributed by atoms with Gasteiger partial charge in [-0.3, -0.25) is 10.2 Å². The fraction of sp³-hybridized carbons (Fsp3) is 0.636. The predicted octanol–water partition coefficient (Wildman–Crippen LogP) is -0.0507. The summed E-state index contributed by atoms with van der Waals surface area (Å²) in [6, 6.07) is 0. The smallest absolute Gasteiger partial charge is 0.294 e. The molecule has 0 aliphatic heterocycles. The van der Waals surface area contributed by atoms with E-state index in [4.69, 9.17) is 5.84 Å². The lowest BCUT2D eigenvalue weighted by atomic mass is 9.82. The number of amides is 1. The van der Waals surface area contributed by atoms with Crippen LogP contribution in [0.4, 0.5) is 0 Å². The summed E-state index contributed by atoms with van der Waals surface area (Å²) in [6.07, 6.45) is 1.67. The number of nitrogens with one attached hydrogen (secondary N) is 1. The van der Waals surface area contributed by atoms with E-state index in [1.54, 1.807) is 0 Å². The molecule has 1 aromatic rings. The van der Waals surface area contributed by atoms with Gasteiger partial charge in [0.1, 0.15) is 0 Å². The van der Waals surface area contributed by atoms with Crippen molar-refractivity contribution in [2.75, 3.05) is 13.6 Å². The number of nitrogen functional groups attached to an aromatic ring is 1. The minimum Gasteiger partial charge on any atom is -0.393 e. The second-order valence-corrected chi connectivity index (χ2v) is 5.66. The molecule has 1 aromatic heterocycles. The SMILES string of the molecule is CN(Cc1csc(C(=O)NN)n1)CC1CC(O)C1. The molecule has 0 spiro atoms. The molecule has 100 valence electrons. The Bertz CT molecular complexity index is 417. The largest absolute Gasteiger partial charge is 0.393 e. The highest BCUT2D eigenvalue weighted by Crippen LogP contribution is 2.27. The summed E-state index contributed by atoms with van der Waals surface area (Å²) in [6.45, 7) is 1.66. The average Bonchev–Trinajstić information content (AvgIpc) is 2.74. The van der Waals surface area contributed by atoms with Crippen molar-refractivity contribution >= 4 is 17.2 Å². The molecule has 0 saturated heterocycles. The Kier molecular flexibility index (Phi) is 4.28. The molecule has 0 aromatic carbocycles. The number of nitrogens with two attached hydrogens (primary N) is 1. The lowest BCUT2D eigenvalue weighted by Gasteiger charge is -2.34. The van der Waals surface area contributed by atoms with Crippen LogP contribution in [0.15, 0.2) is 5.38 Å². The maximum Gasteiger partial charge on any atom is 0.294 e. The van der Waals surface area contributed by atoms with E-state index >= 15 is 0 Å². The molecule has 18 heavy (non-hydrogen) atoms. The second-order valence-electron chi connectivity index (χ2n) is 4.81. The van der Waals surface area contributed by atoms with Gasteiger partial charge in [-0.05, 0) is 25.8 Å². The highest BCUT2D eigenvalue weighted by atomic mass is 32.1. The van der Waals surface area contributed by atoms with Crippen molar-refractivity contribution in [3.63, 3.8) is 0 Å². The Balaban J connectivity index is 1.81. The van der Waals surface area contributed by atoms with Gasteiger partial charge in [-0.1, -0.05) is 0 Å². The topological polar surface area (TPSA) is 91.5 Å². The predicted molar refractivity (Wildman–Crippen MR) is 68.8 cm³/mol. The molecule has 7 heteroatoms. The number of aromatic nitrogens is 1. The van der Waals surface area contributed by atoms with Crippen LogP contribution in [0.1, 0.15) is 28.3 Å². The third kappa shape index (κ3) is 3.26. The first-order valence-corrected chi connectivity index (χ1v) is 6.78. The van der Waals surface area contributed by atoms with Gasteiger partial charge in [0.15, 0.2) is 5.01 Å². The molecule has 1 aliphatic rings. The highest BCUT2D eigenvalue weighted by molar-refractivity contribution is 7.11. The van der Waals surface area contributed by atoms with E-state index in [9.17, 15) is 9.90 Å². The number of nitrogens with zero attached hydrogens (tertiary/aromatic N) is 2. The summed E-state index contributed by atoms with van der Waals surface area (Å²) in [5.41, 5.74) is 2.95. The van der Waals surface area contributed by atoms with E-state index in [1.807, 2.05) is 12.4 Å². The van der Waals surface area contributed by atoms with Crippen LogP contribution in [0.3, 0.4) is 0 Å². The Labute approximate surface area is 110 Å². The molecular formula is C11H18N4O2S. The van der Waals surface area contributed by atoms with Crippen LogP contribution in [0, 0.1) is 5.92 Å². The van der Waals surface area contributed by atoms with Crippen molar-refractivity contribution in [2.45, 2.75) is 25.5 Å². The lowest BCUT2D eigenvalue weighted by molar-refractivity contribution is 0.0272. The first-order valence-electron chi connectivity index (χ1n) is 5.90. The minimum absolute atomic E-state index is 0.109. The molecule has 1 fully saturated rings. The second kappa shape index (κ2) is 5.75. The number of aliphatic hydroxyl groups is 1. The van der Waals surface area contributed by atoms with Gasteiger partial charge in [0.05, 0.1) is 11.8 Å². The third-order valence-electron chi connectivity index (χ3n) is 3.09. The highest BCUT2D eigenvalue weighted by Gasteiger charge is 2.27. The molecule has 0 bridgehead atoms. The quantitative estimate of drug-likeness (QED) is 0.396. The fourth-order valence-electron chi connectivity index (χ4n) is 2.18. The Morgan fingerprint density at radius 1 is 1.72 bits per heavy atom. The number of thiazole rings is 1. The summed E-state index contributed by atoms with van der Waals surface area (Å²) in [7, 11) is 2.02. The van der Waals surface area contributed by atoms with E-state index in [1.165, 1.54) is 11.3 Å². The van der Waals surface area contributed by atoms with Crippen LogP contribution in [-0.4, -0.2) is 40.6 Å². The summed E-state index contributed by atoms with van der Waals surface area (Å²) in [4.78, 5) is 17.6. The molecule has 1 saturated carbocycles. The summed E-state index contributed by atoms with van der Waals surface area (Å²) >= 11 is 1.29. The maximum atomic E-state index is 11.3. The number of hydrogen-bond donors (Lipinski definition) is 3. The van der Waals surface area contributed by atoms with Crippen molar-refractivity contribution in [2.24, 2.45) is 11.8 Å². The van der Waals surface area contributed by atoms with Crippen LogP contribution in [0.2, 0.25) is 0 Å². The van der Waals surface area contributed by atoms with Gasteiger partial charge in [-0.25, -0.2) is 10.8 Å². The Hall–Kier alpha value is -1.02. The zero-order valence-electron chi connectivity index (χ0n) is 10.3. The lowest BCUT2D eigenvalue weighted by Crippen LogP contribution is -2.36.